The van der Waals surface area contributed by atoms with Crippen molar-refractivity contribution in [3.8, 4) is 0 Å². The number of carbonyl (C=O) groups excluding carboxylic acids is 2. The standard InChI is InChI=1S/C22H25N3O4S/c1-14(2)16-6-8-17(9-7-16)25-21(26)20-19(23-22(25)27)12-13-24(20)30(28,29)18-10-4-15(3)5-11-18/h4-11,14,19-20H,12-13H2,1-3H3,(H,23,27)/t19-,20-/m0/s1. The van der Waals surface area contributed by atoms with Crippen molar-refractivity contribution in [1.82, 2.24) is 9.62 Å². The molecule has 3 amide bonds. The molecule has 30 heavy (non-hydrogen) atoms. The number of fused-ring (bicyclic) bond motifs is 1. The highest BCUT2D eigenvalue weighted by atomic mass is 32.2. The van der Waals surface area contributed by atoms with E-state index >= 15 is 0 Å². The topological polar surface area (TPSA) is 86.8 Å². The summed E-state index contributed by atoms with van der Waals surface area (Å²) in [6.07, 6.45) is 0.396. The number of benzene rings is 2. The van der Waals surface area contributed by atoms with Crippen LogP contribution in [0.2, 0.25) is 0 Å². The Morgan fingerprint density at radius 1 is 1.00 bits per heavy atom. The lowest BCUT2D eigenvalue weighted by Crippen LogP contribution is -2.64. The van der Waals surface area contributed by atoms with E-state index < -0.39 is 34.0 Å². The van der Waals surface area contributed by atoms with E-state index in [4.69, 9.17) is 0 Å². The normalized spacial score (nSPS) is 22.3. The number of amides is 3. The zero-order valence-electron chi connectivity index (χ0n) is 17.2. The number of anilines is 1. The molecule has 1 N–H and O–H groups in total. The lowest BCUT2D eigenvalue weighted by Gasteiger charge is -2.36. The Kier molecular flexibility index (Phi) is 5.15. The number of carbonyl (C=O) groups is 2. The zero-order valence-corrected chi connectivity index (χ0v) is 18.0. The number of hydrogen-bond donors (Lipinski definition) is 1. The van der Waals surface area contributed by atoms with E-state index in [1.165, 1.54) is 4.31 Å². The third-order valence-corrected chi connectivity index (χ3v) is 7.68. The Morgan fingerprint density at radius 2 is 1.63 bits per heavy atom. The van der Waals surface area contributed by atoms with Crippen LogP contribution in [0.25, 0.3) is 0 Å². The van der Waals surface area contributed by atoms with Gasteiger partial charge in [-0.25, -0.2) is 18.1 Å². The number of sulfonamides is 1. The van der Waals surface area contributed by atoms with E-state index in [1.54, 1.807) is 36.4 Å². The van der Waals surface area contributed by atoms with Crippen molar-refractivity contribution in [2.24, 2.45) is 0 Å². The summed E-state index contributed by atoms with van der Waals surface area (Å²) in [6.45, 7) is 6.18. The maximum absolute atomic E-state index is 13.3. The summed E-state index contributed by atoms with van der Waals surface area (Å²) < 4.78 is 27.7. The smallest absolute Gasteiger partial charge is 0.329 e. The minimum Gasteiger partial charge on any atom is -0.332 e. The van der Waals surface area contributed by atoms with E-state index in [0.717, 1.165) is 16.0 Å². The highest BCUT2D eigenvalue weighted by Gasteiger charge is 2.52. The van der Waals surface area contributed by atoms with Crippen LogP contribution in [0.3, 0.4) is 0 Å². The van der Waals surface area contributed by atoms with E-state index in [-0.39, 0.29) is 11.4 Å². The number of rotatable bonds is 4. The Morgan fingerprint density at radius 3 is 2.23 bits per heavy atom. The third kappa shape index (κ3) is 3.40. The monoisotopic (exact) mass is 427 g/mol. The van der Waals surface area contributed by atoms with Gasteiger partial charge in [-0.05, 0) is 49.1 Å². The molecule has 2 heterocycles. The first kappa shape index (κ1) is 20.6. The van der Waals surface area contributed by atoms with E-state index in [1.807, 2.05) is 19.1 Å². The highest BCUT2D eigenvalue weighted by Crippen LogP contribution is 2.32. The van der Waals surface area contributed by atoms with Crippen molar-refractivity contribution >= 4 is 27.6 Å². The molecule has 2 aromatic carbocycles. The van der Waals surface area contributed by atoms with Crippen LogP contribution in [-0.4, -0.2) is 43.3 Å². The number of aryl methyl sites for hydroxylation is 1. The van der Waals surface area contributed by atoms with Gasteiger partial charge >= 0.3 is 6.03 Å². The molecule has 2 aliphatic rings. The van der Waals surface area contributed by atoms with Crippen molar-refractivity contribution in [3.05, 3.63) is 59.7 Å². The predicted octanol–water partition coefficient (Wildman–Crippen LogP) is 3.01. The first-order valence-corrected chi connectivity index (χ1v) is 11.5. The van der Waals surface area contributed by atoms with Gasteiger partial charge in [-0.3, -0.25) is 4.79 Å². The third-order valence-electron chi connectivity index (χ3n) is 5.78. The number of hydrogen-bond acceptors (Lipinski definition) is 4. The van der Waals surface area contributed by atoms with Crippen LogP contribution in [0, 0.1) is 6.92 Å². The van der Waals surface area contributed by atoms with Crippen LogP contribution in [0.5, 0.6) is 0 Å². The number of nitrogens with zero attached hydrogens (tertiary/aromatic N) is 2. The van der Waals surface area contributed by atoms with Crippen LogP contribution in [0.1, 0.15) is 37.3 Å². The number of urea groups is 1. The Balaban J connectivity index is 1.67. The van der Waals surface area contributed by atoms with Crippen molar-refractivity contribution in [2.75, 3.05) is 11.4 Å². The molecule has 4 rings (SSSR count). The quantitative estimate of drug-likeness (QED) is 0.813. The second-order valence-corrected chi connectivity index (χ2v) is 10.0. The number of imide groups is 1. The van der Waals surface area contributed by atoms with Crippen LogP contribution in [-0.2, 0) is 14.8 Å². The molecule has 2 saturated heterocycles. The van der Waals surface area contributed by atoms with Crippen LogP contribution in [0.4, 0.5) is 10.5 Å². The van der Waals surface area contributed by atoms with Crippen molar-refractivity contribution in [1.29, 1.82) is 0 Å². The summed E-state index contributed by atoms with van der Waals surface area (Å²) in [4.78, 5) is 27.2. The van der Waals surface area contributed by atoms with E-state index in [9.17, 15) is 18.0 Å². The molecule has 0 saturated carbocycles. The average Bonchev–Trinajstić information content (AvgIpc) is 3.13. The van der Waals surface area contributed by atoms with Gasteiger partial charge in [0.05, 0.1) is 16.6 Å². The molecular formula is C22H25N3O4S. The molecule has 2 aliphatic heterocycles. The Bertz CT molecular complexity index is 1080. The van der Waals surface area contributed by atoms with Gasteiger partial charge in [0.15, 0.2) is 0 Å². The second kappa shape index (κ2) is 7.52. The summed E-state index contributed by atoms with van der Waals surface area (Å²) >= 11 is 0. The van der Waals surface area contributed by atoms with Crippen molar-refractivity contribution < 1.29 is 18.0 Å². The minimum atomic E-state index is -3.87. The van der Waals surface area contributed by atoms with Crippen LogP contribution < -0.4 is 10.2 Å². The Hall–Kier alpha value is -2.71. The van der Waals surface area contributed by atoms with Gasteiger partial charge in [0.2, 0.25) is 10.0 Å². The molecule has 8 heteroatoms. The SMILES string of the molecule is Cc1ccc(S(=O)(=O)N2CC[C@@H]3NC(=O)N(c4ccc(C(C)C)cc4)C(=O)[C@H]32)cc1. The maximum Gasteiger partial charge on any atom is 0.329 e. The summed E-state index contributed by atoms with van der Waals surface area (Å²) in [6, 6.07) is 11.7. The fourth-order valence-corrected chi connectivity index (χ4v) is 5.67. The molecule has 158 valence electrons. The first-order valence-electron chi connectivity index (χ1n) is 10.0. The van der Waals surface area contributed by atoms with Gasteiger partial charge in [-0.1, -0.05) is 43.7 Å². The summed E-state index contributed by atoms with van der Waals surface area (Å²) in [5.41, 5.74) is 2.47. The van der Waals surface area contributed by atoms with Gasteiger partial charge < -0.3 is 5.32 Å². The summed E-state index contributed by atoms with van der Waals surface area (Å²) in [5.74, 6) is -0.200. The van der Waals surface area contributed by atoms with Crippen LogP contribution in [0.15, 0.2) is 53.4 Å². The molecule has 0 unspecified atom stereocenters. The fraction of sp³-hybridized carbons (Fsp3) is 0.364. The average molecular weight is 428 g/mol. The van der Waals surface area contributed by atoms with Crippen LogP contribution >= 0.6 is 0 Å². The molecule has 2 atom stereocenters. The molecule has 0 spiro atoms. The van der Waals surface area contributed by atoms with Crippen molar-refractivity contribution in [3.63, 3.8) is 0 Å². The molecule has 0 radical (unpaired) electrons. The molecular weight excluding hydrogens is 402 g/mol. The zero-order chi connectivity index (χ0) is 21.6. The Labute approximate surface area is 176 Å². The van der Waals surface area contributed by atoms with E-state index in [0.29, 0.717) is 18.0 Å². The first-order chi connectivity index (χ1) is 14.2. The summed E-state index contributed by atoms with van der Waals surface area (Å²) in [7, 11) is -3.87. The molecule has 0 aromatic heterocycles. The highest BCUT2D eigenvalue weighted by molar-refractivity contribution is 7.89. The lowest BCUT2D eigenvalue weighted by atomic mass is 10.0. The fourth-order valence-electron chi connectivity index (χ4n) is 4.03. The molecule has 2 fully saturated rings. The van der Waals surface area contributed by atoms with Crippen molar-refractivity contribution in [2.45, 2.75) is 50.1 Å². The lowest BCUT2D eigenvalue weighted by molar-refractivity contribution is -0.122. The summed E-state index contributed by atoms with van der Waals surface area (Å²) in [5, 5.41) is 2.82. The van der Waals surface area contributed by atoms with Gasteiger partial charge in [0, 0.05) is 6.54 Å². The largest absolute Gasteiger partial charge is 0.332 e. The minimum absolute atomic E-state index is 0.145. The predicted molar refractivity (Wildman–Crippen MR) is 114 cm³/mol. The van der Waals surface area contributed by atoms with Gasteiger partial charge in [-0.15, -0.1) is 0 Å². The number of nitrogens with one attached hydrogen (secondary N) is 1. The molecule has 7 nitrogen and oxygen atoms in total. The van der Waals surface area contributed by atoms with Gasteiger partial charge in [-0.2, -0.15) is 4.31 Å². The molecule has 0 bridgehead atoms. The van der Waals surface area contributed by atoms with Gasteiger partial charge in [0.1, 0.15) is 6.04 Å². The second-order valence-electron chi connectivity index (χ2n) is 8.14. The maximum atomic E-state index is 13.3. The van der Waals surface area contributed by atoms with Gasteiger partial charge in [0.25, 0.3) is 5.91 Å². The van der Waals surface area contributed by atoms with E-state index in [2.05, 4.69) is 19.2 Å². The molecule has 0 aliphatic carbocycles. The molecule has 2 aromatic rings.